The van der Waals surface area contributed by atoms with Crippen molar-refractivity contribution in [3.8, 4) is 0 Å². The van der Waals surface area contributed by atoms with Crippen LogP contribution in [0.1, 0.15) is 25.8 Å². The first kappa shape index (κ1) is 18.7. The van der Waals surface area contributed by atoms with Gasteiger partial charge in [0.05, 0.1) is 16.8 Å². The average Bonchev–Trinajstić information content (AvgIpc) is 3.08. The highest BCUT2D eigenvalue weighted by Gasteiger charge is 2.47. The fourth-order valence-electron chi connectivity index (χ4n) is 3.95. The summed E-state index contributed by atoms with van der Waals surface area (Å²) >= 11 is 0. The van der Waals surface area contributed by atoms with E-state index in [4.69, 9.17) is 0 Å². The van der Waals surface area contributed by atoms with Crippen molar-refractivity contribution in [3.05, 3.63) is 34.7 Å². The van der Waals surface area contributed by atoms with E-state index in [1.807, 2.05) is 24.3 Å². The normalized spacial score (nSPS) is 24.5. The van der Waals surface area contributed by atoms with Gasteiger partial charge < -0.3 is 10.3 Å². The molecule has 0 aliphatic carbocycles. The van der Waals surface area contributed by atoms with Crippen molar-refractivity contribution >= 4 is 33.0 Å². The van der Waals surface area contributed by atoms with Crippen LogP contribution in [0.25, 0.3) is 11.0 Å². The predicted octanol–water partition coefficient (Wildman–Crippen LogP) is -0.106. The van der Waals surface area contributed by atoms with Crippen LogP contribution in [0.5, 0.6) is 0 Å². The van der Waals surface area contributed by atoms with Crippen molar-refractivity contribution in [2.45, 2.75) is 31.3 Å². The number of nitrogens with one attached hydrogen (secondary N) is 3. The summed E-state index contributed by atoms with van der Waals surface area (Å²) in [5.74, 6) is -1.16. The molecule has 2 aliphatic rings. The van der Waals surface area contributed by atoms with E-state index in [9.17, 15) is 22.8 Å². The van der Waals surface area contributed by atoms with E-state index in [2.05, 4.69) is 15.6 Å². The molecule has 0 bridgehead atoms. The Hall–Kier alpha value is -2.66. The van der Waals surface area contributed by atoms with Gasteiger partial charge in [-0.2, -0.15) is 0 Å². The van der Waals surface area contributed by atoms with E-state index < -0.39 is 33.3 Å². The van der Waals surface area contributed by atoms with Gasteiger partial charge in [0.25, 0.3) is 5.91 Å². The van der Waals surface area contributed by atoms with Crippen molar-refractivity contribution in [2.75, 3.05) is 18.8 Å². The number of aromatic amines is 1. The Morgan fingerprint density at radius 3 is 2.46 bits per heavy atom. The molecular weight excluding hydrogens is 386 g/mol. The fourth-order valence-corrected chi connectivity index (χ4v) is 5.84. The highest BCUT2D eigenvalue weighted by Crippen LogP contribution is 2.27. The molecule has 3 N–H and O–H groups in total. The van der Waals surface area contributed by atoms with Gasteiger partial charge in [-0.25, -0.2) is 22.3 Å². The second kappa shape index (κ2) is 6.45. The maximum Gasteiger partial charge on any atom is 0.326 e. The highest BCUT2D eigenvalue weighted by molar-refractivity contribution is 7.89. The lowest BCUT2D eigenvalue weighted by Gasteiger charge is -2.33. The molecule has 2 saturated heterocycles. The summed E-state index contributed by atoms with van der Waals surface area (Å²) < 4.78 is 28.6. The minimum absolute atomic E-state index is 0.111. The molecule has 0 radical (unpaired) electrons. The van der Waals surface area contributed by atoms with Gasteiger partial charge in [-0.3, -0.25) is 14.7 Å². The van der Waals surface area contributed by atoms with Gasteiger partial charge in [0.2, 0.25) is 10.0 Å². The minimum atomic E-state index is -3.76. The number of imidazole rings is 1. The van der Waals surface area contributed by atoms with Crippen LogP contribution in [0.2, 0.25) is 0 Å². The van der Waals surface area contributed by atoms with Crippen LogP contribution in [-0.4, -0.2) is 58.6 Å². The number of H-pyrrole nitrogens is 1. The van der Waals surface area contributed by atoms with Crippen LogP contribution in [0.3, 0.4) is 0 Å². The predicted molar refractivity (Wildman–Crippen MR) is 101 cm³/mol. The Morgan fingerprint density at radius 1 is 1.14 bits per heavy atom. The monoisotopic (exact) mass is 407 g/mol. The number of amides is 3. The molecular formula is C17H21N5O5S. The Kier molecular flexibility index (Phi) is 4.31. The largest absolute Gasteiger partial charge is 0.326 e. The number of aromatic nitrogens is 2. The molecule has 0 spiro atoms. The highest BCUT2D eigenvalue weighted by atomic mass is 32.2. The Morgan fingerprint density at radius 2 is 1.82 bits per heavy atom. The number of sulfonamides is 1. The number of nitrogens with zero attached hydrogens (tertiary/aromatic N) is 2. The van der Waals surface area contributed by atoms with Gasteiger partial charge in [-0.15, -0.1) is 0 Å². The molecule has 10 nitrogen and oxygen atoms in total. The summed E-state index contributed by atoms with van der Waals surface area (Å²) in [4.78, 5) is 38.4. The molecule has 2 aromatic rings. The Labute approximate surface area is 160 Å². The summed E-state index contributed by atoms with van der Waals surface area (Å²) in [5, 5.41) is 4.45. The van der Waals surface area contributed by atoms with Crippen molar-refractivity contribution in [1.82, 2.24) is 24.5 Å². The first-order valence-electron chi connectivity index (χ1n) is 9.00. The molecule has 1 atom stereocenters. The van der Waals surface area contributed by atoms with Gasteiger partial charge in [0.15, 0.2) is 0 Å². The quantitative estimate of drug-likeness (QED) is 0.609. The number of fused-ring (bicyclic) bond motifs is 1. The van der Waals surface area contributed by atoms with Crippen LogP contribution in [0.4, 0.5) is 4.79 Å². The van der Waals surface area contributed by atoms with E-state index in [0.717, 1.165) is 11.0 Å². The van der Waals surface area contributed by atoms with Crippen LogP contribution < -0.4 is 16.3 Å². The van der Waals surface area contributed by atoms with Crippen molar-refractivity contribution in [2.24, 2.45) is 0 Å². The van der Waals surface area contributed by atoms with Gasteiger partial charge in [-0.05, 0) is 31.9 Å². The molecule has 4 rings (SSSR count). The van der Waals surface area contributed by atoms with Gasteiger partial charge in [0, 0.05) is 19.1 Å². The molecule has 1 aromatic carbocycles. The fraction of sp³-hybridized carbons (Fsp3) is 0.471. The van der Waals surface area contributed by atoms with E-state index in [1.54, 1.807) is 4.57 Å². The second-order valence-corrected chi connectivity index (χ2v) is 9.41. The lowest BCUT2D eigenvalue weighted by Crippen LogP contribution is -2.53. The number of benzene rings is 1. The number of carbonyl (C=O) groups is 2. The first-order chi connectivity index (χ1) is 13.2. The number of piperidine rings is 1. The average molecular weight is 407 g/mol. The topological polar surface area (TPSA) is 133 Å². The minimum Gasteiger partial charge on any atom is -0.322 e. The number of carbonyl (C=O) groups excluding carboxylic acids is 2. The number of hydrogen-bond donors (Lipinski definition) is 3. The molecule has 150 valence electrons. The summed E-state index contributed by atoms with van der Waals surface area (Å²) in [6, 6.07) is 6.58. The summed E-state index contributed by atoms with van der Waals surface area (Å²) in [6.07, 6.45) is 0.965. The van der Waals surface area contributed by atoms with Gasteiger partial charge in [-0.1, -0.05) is 12.1 Å². The maximum absolute atomic E-state index is 12.8. The zero-order chi connectivity index (χ0) is 20.1. The zero-order valence-electron chi connectivity index (χ0n) is 15.3. The van der Waals surface area contributed by atoms with Crippen LogP contribution >= 0.6 is 0 Å². The Bertz CT molecular complexity index is 1110. The van der Waals surface area contributed by atoms with E-state index >= 15 is 0 Å². The standard InChI is InChI=1S/C17H21N5O5S/c1-17(14(23)19-15(24)20-17)10-28(26,27)21-8-6-11(7-9-21)22-13-5-3-2-4-12(13)18-16(22)25/h2-5,11H,6-10H2,1H3,(H,18,25)(H2,19,20,23,24). The molecule has 3 heterocycles. The van der Waals surface area contributed by atoms with E-state index in [0.29, 0.717) is 12.8 Å². The second-order valence-electron chi connectivity index (χ2n) is 7.44. The molecule has 11 heteroatoms. The molecule has 2 aliphatic heterocycles. The third kappa shape index (κ3) is 3.10. The summed E-state index contributed by atoms with van der Waals surface area (Å²) in [5.41, 5.74) is -0.147. The summed E-state index contributed by atoms with van der Waals surface area (Å²) in [6.45, 7) is 1.87. The molecule has 2 fully saturated rings. The molecule has 1 aromatic heterocycles. The molecule has 3 amide bonds. The Balaban J connectivity index is 1.49. The number of rotatable bonds is 4. The SMILES string of the molecule is CC1(CS(=O)(=O)N2CCC(n3c(=O)[nH]c4ccccc43)CC2)NC(=O)NC1=O. The van der Waals surface area contributed by atoms with E-state index in [1.165, 1.54) is 11.2 Å². The number of imide groups is 1. The maximum atomic E-state index is 12.8. The lowest BCUT2D eigenvalue weighted by atomic mass is 10.1. The first-order valence-corrected chi connectivity index (χ1v) is 10.6. The molecule has 0 saturated carbocycles. The lowest BCUT2D eigenvalue weighted by molar-refractivity contribution is -0.122. The van der Waals surface area contributed by atoms with Crippen molar-refractivity contribution < 1.29 is 18.0 Å². The van der Waals surface area contributed by atoms with Crippen molar-refractivity contribution in [1.29, 1.82) is 0 Å². The molecule has 1 unspecified atom stereocenters. The summed E-state index contributed by atoms with van der Waals surface area (Å²) in [7, 11) is -3.76. The van der Waals surface area contributed by atoms with Crippen molar-refractivity contribution in [3.63, 3.8) is 0 Å². The van der Waals surface area contributed by atoms with Gasteiger partial charge >= 0.3 is 11.7 Å². The smallest absolute Gasteiger partial charge is 0.322 e. The van der Waals surface area contributed by atoms with Crippen LogP contribution in [0.15, 0.2) is 29.1 Å². The molecule has 28 heavy (non-hydrogen) atoms. The zero-order valence-corrected chi connectivity index (χ0v) is 16.1. The number of hydrogen-bond acceptors (Lipinski definition) is 5. The third-order valence-electron chi connectivity index (χ3n) is 5.39. The van der Waals surface area contributed by atoms with E-state index in [-0.39, 0.29) is 24.8 Å². The van der Waals surface area contributed by atoms with Crippen LogP contribution in [-0.2, 0) is 14.8 Å². The third-order valence-corrected chi connectivity index (χ3v) is 7.49. The van der Waals surface area contributed by atoms with Gasteiger partial charge in [0.1, 0.15) is 5.54 Å². The van der Waals surface area contributed by atoms with Crippen LogP contribution in [0, 0.1) is 0 Å². The number of para-hydroxylation sites is 2. The number of urea groups is 1.